The summed E-state index contributed by atoms with van der Waals surface area (Å²) in [7, 11) is 0. The van der Waals surface area contributed by atoms with Crippen LogP contribution in [0.15, 0.2) is 54.6 Å². The molecule has 0 aromatic heterocycles. The SMILES string of the molecule is CCOC(=O)Nc1ccc(C=CCN2CCC(C(=O)c3ccc(F)cc3)CC2)cc1. The Morgan fingerprint density at radius 3 is 2.40 bits per heavy atom. The predicted octanol–water partition coefficient (Wildman–Crippen LogP) is 5.00. The van der Waals surface area contributed by atoms with Crippen molar-refractivity contribution in [2.24, 2.45) is 5.92 Å². The minimum absolute atomic E-state index is 0.00938. The largest absolute Gasteiger partial charge is 0.450 e. The zero-order valence-corrected chi connectivity index (χ0v) is 17.1. The highest BCUT2D eigenvalue weighted by Crippen LogP contribution is 2.22. The molecule has 3 rings (SSSR count). The van der Waals surface area contributed by atoms with E-state index in [9.17, 15) is 14.0 Å². The predicted molar refractivity (Wildman–Crippen MR) is 116 cm³/mol. The Morgan fingerprint density at radius 1 is 1.10 bits per heavy atom. The summed E-state index contributed by atoms with van der Waals surface area (Å²) in [5, 5.41) is 2.67. The Balaban J connectivity index is 1.43. The van der Waals surface area contributed by atoms with Crippen molar-refractivity contribution in [3.63, 3.8) is 0 Å². The van der Waals surface area contributed by atoms with E-state index in [0.29, 0.717) is 17.9 Å². The van der Waals surface area contributed by atoms with Gasteiger partial charge in [0.25, 0.3) is 0 Å². The van der Waals surface area contributed by atoms with Gasteiger partial charge in [-0.2, -0.15) is 0 Å². The number of nitrogens with zero attached hydrogens (tertiary/aromatic N) is 1. The molecule has 0 radical (unpaired) electrons. The molecular weight excluding hydrogens is 383 g/mol. The average Bonchev–Trinajstić information content (AvgIpc) is 2.76. The van der Waals surface area contributed by atoms with Crippen molar-refractivity contribution in [3.8, 4) is 0 Å². The van der Waals surface area contributed by atoms with Crippen LogP contribution in [0.4, 0.5) is 14.9 Å². The Hall–Kier alpha value is -2.99. The molecule has 6 heteroatoms. The van der Waals surface area contributed by atoms with Crippen LogP contribution in [-0.4, -0.2) is 43.0 Å². The molecule has 1 N–H and O–H groups in total. The lowest BCUT2D eigenvalue weighted by atomic mass is 9.89. The van der Waals surface area contributed by atoms with Crippen molar-refractivity contribution in [1.29, 1.82) is 0 Å². The molecule has 1 fully saturated rings. The highest BCUT2D eigenvalue weighted by atomic mass is 19.1. The first-order valence-electron chi connectivity index (χ1n) is 10.3. The summed E-state index contributed by atoms with van der Waals surface area (Å²) < 4.78 is 17.9. The van der Waals surface area contributed by atoms with Crippen LogP contribution >= 0.6 is 0 Å². The number of rotatable bonds is 7. The molecule has 1 aliphatic heterocycles. The molecule has 158 valence electrons. The maximum Gasteiger partial charge on any atom is 0.411 e. The number of carbonyl (C=O) groups is 2. The number of amides is 1. The fourth-order valence-corrected chi connectivity index (χ4v) is 3.53. The number of ether oxygens (including phenoxy) is 1. The van der Waals surface area contributed by atoms with E-state index in [4.69, 9.17) is 4.74 Å². The van der Waals surface area contributed by atoms with Crippen molar-refractivity contribution >= 4 is 23.6 Å². The molecule has 1 saturated heterocycles. The minimum Gasteiger partial charge on any atom is -0.450 e. The molecule has 0 spiro atoms. The molecule has 0 unspecified atom stereocenters. The minimum atomic E-state index is -0.456. The molecule has 1 heterocycles. The van der Waals surface area contributed by atoms with Gasteiger partial charge >= 0.3 is 6.09 Å². The molecule has 2 aromatic rings. The monoisotopic (exact) mass is 410 g/mol. The van der Waals surface area contributed by atoms with Crippen molar-refractivity contribution in [2.75, 3.05) is 31.6 Å². The normalized spacial score (nSPS) is 15.3. The molecule has 5 nitrogen and oxygen atoms in total. The molecule has 1 amide bonds. The summed E-state index contributed by atoms with van der Waals surface area (Å²) in [6.45, 7) is 4.65. The molecule has 0 saturated carbocycles. The van der Waals surface area contributed by atoms with Crippen LogP contribution in [0, 0.1) is 11.7 Å². The number of hydrogen-bond acceptors (Lipinski definition) is 4. The Kier molecular flexibility index (Phi) is 7.74. The first-order valence-corrected chi connectivity index (χ1v) is 10.3. The van der Waals surface area contributed by atoms with E-state index in [1.165, 1.54) is 12.1 Å². The number of anilines is 1. The van der Waals surface area contributed by atoms with E-state index >= 15 is 0 Å². The van der Waals surface area contributed by atoms with E-state index < -0.39 is 6.09 Å². The van der Waals surface area contributed by atoms with Crippen LogP contribution in [0.25, 0.3) is 6.08 Å². The Morgan fingerprint density at radius 2 is 1.77 bits per heavy atom. The standard InChI is InChI=1S/C24H27FN2O3/c1-2-30-24(29)26-22-11-5-18(6-12-22)4-3-15-27-16-13-20(14-17-27)23(28)19-7-9-21(25)10-8-19/h3-12,20H,2,13-17H2,1H3,(H,26,29). The van der Waals surface area contributed by atoms with Gasteiger partial charge in [0.1, 0.15) is 5.82 Å². The smallest absolute Gasteiger partial charge is 0.411 e. The third-order valence-corrected chi connectivity index (χ3v) is 5.19. The van der Waals surface area contributed by atoms with E-state index in [-0.39, 0.29) is 17.5 Å². The summed E-state index contributed by atoms with van der Waals surface area (Å²) in [5.41, 5.74) is 2.33. The number of halogens is 1. The van der Waals surface area contributed by atoms with Gasteiger partial charge in [0.05, 0.1) is 6.61 Å². The van der Waals surface area contributed by atoms with Crippen LogP contribution in [0.3, 0.4) is 0 Å². The third kappa shape index (κ3) is 6.26. The molecule has 0 aliphatic carbocycles. The number of nitrogens with one attached hydrogen (secondary N) is 1. The van der Waals surface area contributed by atoms with E-state index in [1.54, 1.807) is 19.1 Å². The number of piperidine rings is 1. The van der Waals surface area contributed by atoms with Gasteiger partial charge in [0.2, 0.25) is 0 Å². The lowest BCUT2D eigenvalue weighted by Crippen LogP contribution is -2.36. The fourth-order valence-electron chi connectivity index (χ4n) is 3.53. The second-order valence-corrected chi connectivity index (χ2v) is 7.32. The number of benzene rings is 2. The number of hydrogen-bond donors (Lipinski definition) is 1. The van der Waals surface area contributed by atoms with Gasteiger partial charge in [-0.15, -0.1) is 0 Å². The lowest BCUT2D eigenvalue weighted by Gasteiger charge is -2.30. The molecule has 0 bridgehead atoms. The Labute approximate surface area is 176 Å². The van der Waals surface area contributed by atoms with Crippen LogP contribution < -0.4 is 5.32 Å². The van der Waals surface area contributed by atoms with E-state index in [2.05, 4.69) is 16.3 Å². The van der Waals surface area contributed by atoms with Crippen molar-refractivity contribution < 1.29 is 18.7 Å². The highest BCUT2D eigenvalue weighted by molar-refractivity contribution is 5.97. The second kappa shape index (κ2) is 10.7. The van der Waals surface area contributed by atoms with Gasteiger partial charge in [-0.05, 0) is 74.8 Å². The van der Waals surface area contributed by atoms with E-state index in [0.717, 1.165) is 38.0 Å². The van der Waals surface area contributed by atoms with Crippen molar-refractivity contribution in [2.45, 2.75) is 19.8 Å². The first kappa shape index (κ1) is 21.7. The Bertz CT molecular complexity index is 870. The van der Waals surface area contributed by atoms with Gasteiger partial charge in [-0.25, -0.2) is 9.18 Å². The number of Topliss-reactive ketones (excluding diaryl/α,β-unsaturated/α-hetero) is 1. The second-order valence-electron chi connectivity index (χ2n) is 7.32. The van der Waals surface area contributed by atoms with Gasteiger partial charge in [-0.3, -0.25) is 15.0 Å². The fraction of sp³-hybridized carbons (Fsp3) is 0.333. The summed E-state index contributed by atoms with van der Waals surface area (Å²) in [6, 6.07) is 13.4. The van der Waals surface area contributed by atoms with Gasteiger partial charge in [-0.1, -0.05) is 24.3 Å². The maximum atomic E-state index is 13.0. The van der Waals surface area contributed by atoms with Crippen LogP contribution in [0.5, 0.6) is 0 Å². The zero-order valence-electron chi connectivity index (χ0n) is 17.1. The molecule has 0 atom stereocenters. The topological polar surface area (TPSA) is 58.6 Å². The molecular formula is C24H27FN2O3. The zero-order chi connectivity index (χ0) is 21.3. The number of likely N-dealkylation sites (tertiary alicyclic amines) is 1. The molecule has 2 aromatic carbocycles. The maximum absolute atomic E-state index is 13.0. The van der Waals surface area contributed by atoms with Gasteiger partial charge in [0.15, 0.2) is 5.78 Å². The molecule has 30 heavy (non-hydrogen) atoms. The third-order valence-electron chi connectivity index (χ3n) is 5.19. The van der Waals surface area contributed by atoms with Crippen LogP contribution in [-0.2, 0) is 4.74 Å². The summed E-state index contributed by atoms with van der Waals surface area (Å²) in [6.07, 6.45) is 5.33. The first-order chi connectivity index (χ1) is 14.5. The lowest BCUT2D eigenvalue weighted by molar-refractivity contribution is 0.0848. The molecule has 1 aliphatic rings. The van der Waals surface area contributed by atoms with E-state index in [1.807, 2.05) is 30.3 Å². The summed E-state index contributed by atoms with van der Waals surface area (Å²) >= 11 is 0. The average molecular weight is 410 g/mol. The van der Waals surface area contributed by atoms with Crippen molar-refractivity contribution in [1.82, 2.24) is 4.90 Å². The quantitative estimate of drug-likeness (QED) is 0.653. The highest BCUT2D eigenvalue weighted by Gasteiger charge is 2.25. The number of ketones is 1. The van der Waals surface area contributed by atoms with Gasteiger partial charge in [0, 0.05) is 23.7 Å². The summed E-state index contributed by atoms with van der Waals surface area (Å²) in [4.78, 5) is 26.3. The van der Waals surface area contributed by atoms with Crippen LogP contribution in [0.1, 0.15) is 35.7 Å². The summed E-state index contributed by atoms with van der Waals surface area (Å²) in [5.74, 6) is -0.199. The van der Waals surface area contributed by atoms with Crippen molar-refractivity contribution in [3.05, 3.63) is 71.6 Å². The number of carbonyl (C=O) groups excluding carboxylic acids is 2. The van der Waals surface area contributed by atoms with Crippen LogP contribution in [0.2, 0.25) is 0 Å². The van der Waals surface area contributed by atoms with Gasteiger partial charge < -0.3 is 4.74 Å².